The Bertz CT molecular complexity index is 270. The fraction of sp³-hybridized carbons (Fsp3) is 0.900. The average Bonchev–Trinajstić information content (AvgIpc) is 2.20. The highest BCUT2D eigenvalue weighted by Gasteiger charge is 2.28. The number of halogens is 3. The summed E-state index contributed by atoms with van der Waals surface area (Å²) < 4.78 is 35.6. The molecule has 0 aromatic carbocycles. The molecule has 1 heterocycles. The highest BCUT2D eigenvalue weighted by atomic mass is 19.4. The zero-order chi connectivity index (χ0) is 13.1. The van der Waals surface area contributed by atoms with E-state index in [4.69, 9.17) is 0 Å². The summed E-state index contributed by atoms with van der Waals surface area (Å²) in [6.45, 7) is 2.52. The van der Waals surface area contributed by atoms with E-state index >= 15 is 0 Å². The molecule has 1 unspecified atom stereocenters. The molecule has 0 bridgehead atoms. The summed E-state index contributed by atoms with van der Waals surface area (Å²) >= 11 is 0. The van der Waals surface area contributed by atoms with Crippen LogP contribution in [0.15, 0.2) is 0 Å². The summed E-state index contributed by atoms with van der Waals surface area (Å²) in [6, 6.07) is 0.246. The van der Waals surface area contributed by atoms with E-state index in [1.54, 1.807) is 4.90 Å². The van der Waals surface area contributed by atoms with Crippen LogP contribution in [0.5, 0.6) is 0 Å². The first-order valence-corrected chi connectivity index (χ1v) is 5.55. The monoisotopic (exact) mass is 253 g/mol. The van der Waals surface area contributed by atoms with Gasteiger partial charge in [0, 0.05) is 25.7 Å². The van der Waals surface area contributed by atoms with Gasteiger partial charge < -0.3 is 15.1 Å². The van der Waals surface area contributed by atoms with Crippen LogP contribution < -0.4 is 5.32 Å². The molecule has 0 spiro atoms. The molecular formula is C10H18F3N3O. The van der Waals surface area contributed by atoms with Gasteiger partial charge >= 0.3 is 6.18 Å². The predicted molar refractivity (Wildman–Crippen MR) is 57.6 cm³/mol. The van der Waals surface area contributed by atoms with Gasteiger partial charge in [-0.05, 0) is 14.0 Å². The molecule has 0 aromatic heterocycles. The van der Waals surface area contributed by atoms with Gasteiger partial charge in [-0.1, -0.05) is 0 Å². The SMILES string of the molecule is CC1CN(C(=O)CNCC(F)(F)F)CCN1C. The minimum atomic E-state index is -4.27. The first-order chi connectivity index (χ1) is 7.79. The number of carbonyl (C=O) groups is 1. The van der Waals surface area contributed by atoms with Crippen molar-refractivity contribution in [2.24, 2.45) is 0 Å². The number of hydrogen-bond acceptors (Lipinski definition) is 3. The van der Waals surface area contributed by atoms with E-state index in [1.807, 2.05) is 14.0 Å². The van der Waals surface area contributed by atoms with E-state index in [2.05, 4.69) is 10.2 Å². The van der Waals surface area contributed by atoms with Crippen LogP contribution in [-0.4, -0.2) is 67.7 Å². The standard InChI is InChI=1S/C10H18F3N3O/c1-8-6-16(4-3-15(8)2)9(17)5-14-7-10(11,12)13/h8,14H,3-7H2,1-2H3. The number of alkyl halides is 3. The third-order valence-corrected chi connectivity index (χ3v) is 2.91. The lowest BCUT2D eigenvalue weighted by Gasteiger charge is -2.37. The maximum absolute atomic E-state index is 11.9. The Morgan fingerprint density at radius 2 is 2.06 bits per heavy atom. The highest BCUT2D eigenvalue weighted by molar-refractivity contribution is 5.78. The third-order valence-electron chi connectivity index (χ3n) is 2.91. The molecule has 1 saturated heterocycles. The molecule has 0 radical (unpaired) electrons. The van der Waals surface area contributed by atoms with E-state index < -0.39 is 12.7 Å². The van der Waals surface area contributed by atoms with Gasteiger partial charge in [-0.25, -0.2) is 0 Å². The van der Waals surface area contributed by atoms with E-state index in [9.17, 15) is 18.0 Å². The number of nitrogens with zero attached hydrogens (tertiary/aromatic N) is 2. The first kappa shape index (κ1) is 14.2. The summed E-state index contributed by atoms with van der Waals surface area (Å²) in [7, 11) is 1.97. The van der Waals surface area contributed by atoms with Gasteiger partial charge in [-0.3, -0.25) is 4.79 Å². The lowest BCUT2D eigenvalue weighted by Crippen LogP contribution is -2.54. The van der Waals surface area contributed by atoms with Crippen molar-refractivity contribution in [1.29, 1.82) is 0 Å². The Labute approximate surface area is 98.7 Å². The topological polar surface area (TPSA) is 35.6 Å². The molecule has 1 N–H and O–H groups in total. The second kappa shape index (κ2) is 5.68. The number of hydrogen-bond donors (Lipinski definition) is 1. The van der Waals surface area contributed by atoms with Crippen LogP contribution in [0.2, 0.25) is 0 Å². The Kier molecular flexibility index (Phi) is 4.76. The normalized spacial score (nSPS) is 22.9. The zero-order valence-corrected chi connectivity index (χ0v) is 10.0. The smallest absolute Gasteiger partial charge is 0.339 e. The Morgan fingerprint density at radius 1 is 1.41 bits per heavy atom. The lowest BCUT2D eigenvalue weighted by molar-refractivity contribution is -0.136. The number of carbonyl (C=O) groups excluding carboxylic acids is 1. The minimum absolute atomic E-state index is 0.246. The third kappa shape index (κ3) is 4.91. The van der Waals surface area contributed by atoms with E-state index in [0.717, 1.165) is 6.54 Å². The number of amides is 1. The predicted octanol–water partition coefficient (Wildman–Crippen LogP) is 0.301. The van der Waals surface area contributed by atoms with Gasteiger partial charge in [0.15, 0.2) is 0 Å². The molecule has 1 aliphatic heterocycles. The van der Waals surface area contributed by atoms with Crippen molar-refractivity contribution in [2.45, 2.75) is 19.1 Å². The number of rotatable bonds is 3. The highest BCUT2D eigenvalue weighted by Crippen LogP contribution is 2.12. The molecule has 1 atom stereocenters. The Hall–Kier alpha value is -0.820. The van der Waals surface area contributed by atoms with Crippen LogP contribution in [0.3, 0.4) is 0 Å². The fourth-order valence-electron chi connectivity index (χ4n) is 1.70. The molecule has 0 aromatic rings. The fourth-order valence-corrected chi connectivity index (χ4v) is 1.70. The molecule has 1 amide bonds. The van der Waals surface area contributed by atoms with Crippen LogP contribution in [0.25, 0.3) is 0 Å². The molecule has 1 fully saturated rings. The summed E-state index contributed by atoms with van der Waals surface area (Å²) in [5.41, 5.74) is 0. The zero-order valence-electron chi connectivity index (χ0n) is 10.0. The van der Waals surface area contributed by atoms with E-state index in [1.165, 1.54) is 0 Å². The van der Waals surface area contributed by atoms with Crippen LogP contribution in [0.4, 0.5) is 13.2 Å². The van der Waals surface area contributed by atoms with Gasteiger partial charge in [0.05, 0.1) is 13.1 Å². The minimum Gasteiger partial charge on any atom is -0.339 e. The van der Waals surface area contributed by atoms with Gasteiger partial charge in [-0.15, -0.1) is 0 Å². The lowest BCUT2D eigenvalue weighted by atomic mass is 10.2. The van der Waals surface area contributed by atoms with Crippen LogP contribution in [0, 0.1) is 0 Å². The first-order valence-electron chi connectivity index (χ1n) is 5.55. The Morgan fingerprint density at radius 3 is 2.59 bits per heavy atom. The van der Waals surface area contributed by atoms with Crippen LogP contribution in [-0.2, 0) is 4.79 Å². The van der Waals surface area contributed by atoms with Gasteiger partial charge in [-0.2, -0.15) is 13.2 Å². The van der Waals surface area contributed by atoms with Crippen molar-refractivity contribution in [1.82, 2.24) is 15.1 Å². The maximum atomic E-state index is 11.9. The maximum Gasteiger partial charge on any atom is 0.401 e. The quantitative estimate of drug-likeness (QED) is 0.786. The van der Waals surface area contributed by atoms with Crippen molar-refractivity contribution >= 4 is 5.91 Å². The van der Waals surface area contributed by atoms with Gasteiger partial charge in [0.1, 0.15) is 0 Å². The van der Waals surface area contributed by atoms with Gasteiger partial charge in [0.2, 0.25) is 5.91 Å². The van der Waals surface area contributed by atoms with E-state index in [-0.39, 0.29) is 18.5 Å². The molecule has 4 nitrogen and oxygen atoms in total. The van der Waals surface area contributed by atoms with Crippen LogP contribution >= 0.6 is 0 Å². The van der Waals surface area contributed by atoms with Crippen molar-refractivity contribution in [3.05, 3.63) is 0 Å². The van der Waals surface area contributed by atoms with Crippen molar-refractivity contribution < 1.29 is 18.0 Å². The molecule has 0 aliphatic carbocycles. The number of likely N-dealkylation sites (N-methyl/N-ethyl adjacent to an activating group) is 1. The molecule has 7 heteroatoms. The Balaban J connectivity index is 2.29. The van der Waals surface area contributed by atoms with Crippen molar-refractivity contribution in [3.8, 4) is 0 Å². The van der Waals surface area contributed by atoms with E-state index in [0.29, 0.717) is 13.1 Å². The number of nitrogens with one attached hydrogen (secondary N) is 1. The molecule has 1 rings (SSSR count). The molecule has 17 heavy (non-hydrogen) atoms. The molecule has 0 saturated carbocycles. The largest absolute Gasteiger partial charge is 0.401 e. The average molecular weight is 253 g/mol. The van der Waals surface area contributed by atoms with Crippen LogP contribution in [0.1, 0.15) is 6.92 Å². The molecule has 100 valence electrons. The molecule has 1 aliphatic rings. The summed E-state index contributed by atoms with van der Waals surface area (Å²) in [5.74, 6) is -0.269. The second-order valence-corrected chi connectivity index (χ2v) is 4.39. The van der Waals surface area contributed by atoms with Crippen molar-refractivity contribution in [3.63, 3.8) is 0 Å². The summed E-state index contributed by atoms with van der Waals surface area (Å²) in [6.07, 6.45) is -4.27. The van der Waals surface area contributed by atoms with Crippen molar-refractivity contribution in [2.75, 3.05) is 39.8 Å². The molecular weight excluding hydrogens is 235 g/mol. The number of piperazine rings is 1. The summed E-state index contributed by atoms with van der Waals surface area (Å²) in [4.78, 5) is 15.3. The summed E-state index contributed by atoms with van der Waals surface area (Å²) in [5, 5.41) is 2.12. The van der Waals surface area contributed by atoms with Gasteiger partial charge in [0.25, 0.3) is 0 Å². The second-order valence-electron chi connectivity index (χ2n) is 4.39.